The zero-order chi connectivity index (χ0) is 39.8. The van der Waals surface area contributed by atoms with Crippen LogP contribution in [0.2, 0.25) is 0 Å². The summed E-state index contributed by atoms with van der Waals surface area (Å²) in [5.41, 5.74) is 13.7. The molecule has 0 atom stereocenters. The van der Waals surface area contributed by atoms with Crippen molar-refractivity contribution in [3.63, 3.8) is 0 Å². The molecule has 0 amide bonds. The van der Waals surface area contributed by atoms with Crippen molar-refractivity contribution in [3.05, 3.63) is 219 Å². The van der Waals surface area contributed by atoms with Crippen LogP contribution in [0.1, 0.15) is 0 Å². The lowest BCUT2D eigenvalue weighted by Crippen LogP contribution is -1.97. The molecule has 11 rings (SSSR count). The highest BCUT2D eigenvalue weighted by molar-refractivity contribution is 6.23. The highest BCUT2D eigenvalue weighted by Gasteiger charge is 2.19. The van der Waals surface area contributed by atoms with Crippen molar-refractivity contribution in [2.45, 2.75) is 0 Å². The molecule has 3 aromatic heterocycles. The van der Waals surface area contributed by atoms with Gasteiger partial charge in [0.15, 0.2) is 5.82 Å². The first kappa shape index (κ1) is 35.1. The maximum absolute atomic E-state index is 5.31. The maximum Gasteiger partial charge on any atom is 0.160 e. The van der Waals surface area contributed by atoms with E-state index in [1.807, 2.05) is 24.5 Å². The minimum Gasteiger partial charge on any atom is -0.264 e. The molecule has 11 aromatic rings. The van der Waals surface area contributed by atoms with E-state index in [9.17, 15) is 0 Å². The van der Waals surface area contributed by atoms with Gasteiger partial charge in [0.2, 0.25) is 0 Å². The first-order valence-corrected chi connectivity index (χ1v) is 20.2. The van der Waals surface area contributed by atoms with Crippen LogP contribution in [0, 0.1) is 0 Å². The number of hydrogen-bond acceptors (Lipinski definition) is 4. The van der Waals surface area contributed by atoms with Gasteiger partial charge < -0.3 is 0 Å². The monoisotopic (exact) mass is 764 g/mol. The van der Waals surface area contributed by atoms with Gasteiger partial charge >= 0.3 is 0 Å². The van der Waals surface area contributed by atoms with Crippen LogP contribution in [-0.2, 0) is 0 Å². The SMILES string of the molecule is c1cncc(-c2ccc(-c3cc(-c4cccc(-c5cccnc5)c4)nc(-c4cccc(-c5c6ccccc6c(-c6cccc7ccccc67)c6ccccc56)c4)n3)cc2)c1. The van der Waals surface area contributed by atoms with Crippen LogP contribution in [0.4, 0.5) is 0 Å². The Bertz CT molecular complexity index is 3300. The number of benzene rings is 8. The Balaban J connectivity index is 1.09. The van der Waals surface area contributed by atoms with E-state index < -0.39 is 0 Å². The zero-order valence-electron chi connectivity index (χ0n) is 32.6. The van der Waals surface area contributed by atoms with Crippen molar-refractivity contribution < 1.29 is 0 Å². The van der Waals surface area contributed by atoms with Crippen LogP contribution in [-0.4, -0.2) is 19.9 Å². The first-order valence-electron chi connectivity index (χ1n) is 20.2. The van der Waals surface area contributed by atoms with E-state index >= 15 is 0 Å². The summed E-state index contributed by atoms with van der Waals surface area (Å²) in [5, 5.41) is 7.32. The van der Waals surface area contributed by atoms with Crippen LogP contribution >= 0.6 is 0 Å². The molecule has 0 unspecified atom stereocenters. The Morgan fingerprint density at radius 3 is 1.43 bits per heavy atom. The van der Waals surface area contributed by atoms with E-state index in [2.05, 4.69) is 192 Å². The minimum absolute atomic E-state index is 0.661. The number of aromatic nitrogens is 4. The molecular formula is C56H36N4. The highest BCUT2D eigenvalue weighted by atomic mass is 14.9. The molecule has 0 spiro atoms. The fourth-order valence-electron chi connectivity index (χ4n) is 8.62. The van der Waals surface area contributed by atoms with Gasteiger partial charge in [0, 0.05) is 47.0 Å². The molecular weight excluding hydrogens is 729 g/mol. The molecule has 0 radical (unpaired) electrons. The van der Waals surface area contributed by atoms with Crippen molar-refractivity contribution in [1.82, 2.24) is 19.9 Å². The molecule has 0 saturated heterocycles. The zero-order valence-corrected chi connectivity index (χ0v) is 32.6. The Kier molecular flexibility index (Phi) is 8.79. The summed E-state index contributed by atoms with van der Waals surface area (Å²) >= 11 is 0. The predicted octanol–water partition coefficient (Wildman–Crippen LogP) is 14.4. The molecule has 8 aromatic carbocycles. The van der Waals surface area contributed by atoms with Crippen LogP contribution in [0.3, 0.4) is 0 Å². The summed E-state index contributed by atoms with van der Waals surface area (Å²) in [4.78, 5) is 19.3. The molecule has 0 aliphatic heterocycles. The normalized spacial score (nSPS) is 11.3. The molecule has 0 fully saturated rings. The number of hydrogen-bond donors (Lipinski definition) is 0. The molecule has 0 bridgehead atoms. The lowest BCUT2D eigenvalue weighted by molar-refractivity contribution is 1.18. The van der Waals surface area contributed by atoms with E-state index in [0.717, 1.165) is 55.9 Å². The van der Waals surface area contributed by atoms with Gasteiger partial charge in [-0.1, -0.05) is 164 Å². The number of nitrogens with zero attached hydrogens (tertiary/aromatic N) is 4. The smallest absolute Gasteiger partial charge is 0.160 e. The molecule has 4 nitrogen and oxygen atoms in total. The Labute approximate surface area is 348 Å². The van der Waals surface area contributed by atoms with Crippen molar-refractivity contribution in [3.8, 4) is 78.4 Å². The maximum atomic E-state index is 5.31. The van der Waals surface area contributed by atoms with Crippen LogP contribution in [0.25, 0.3) is 111 Å². The Morgan fingerprint density at radius 2 is 0.767 bits per heavy atom. The molecule has 0 aliphatic rings. The predicted molar refractivity (Wildman–Crippen MR) is 248 cm³/mol. The summed E-state index contributed by atoms with van der Waals surface area (Å²) < 4.78 is 0. The second-order valence-electron chi connectivity index (χ2n) is 15.1. The fraction of sp³-hybridized carbons (Fsp3) is 0. The lowest BCUT2D eigenvalue weighted by atomic mass is 9.84. The third-order valence-corrected chi connectivity index (χ3v) is 11.5. The summed E-state index contributed by atoms with van der Waals surface area (Å²) in [6.07, 6.45) is 7.39. The van der Waals surface area contributed by atoms with Crippen LogP contribution in [0.5, 0.6) is 0 Å². The average Bonchev–Trinajstić information content (AvgIpc) is 3.33. The van der Waals surface area contributed by atoms with Crippen LogP contribution in [0.15, 0.2) is 219 Å². The summed E-state index contributed by atoms with van der Waals surface area (Å²) in [6, 6.07) is 68.9. The van der Waals surface area contributed by atoms with E-state index in [0.29, 0.717) is 5.82 Å². The van der Waals surface area contributed by atoms with Gasteiger partial charge in [-0.25, -0.2) is 9.97 Å². The quantitative estimate of drug-likeness (QED) is 0.152. The lowest BCUT2D eigenvalue weighted by Gasteiger charge is -2.19. The Hall–Kier alpha value is -8.08. The van der Waals surface area contributed by atoms with E-state index in [1.165, 1.54) is 49.0 Å². The fourth-order valence-corrected chi connectivity index (χ4v) is 8.62. The Morgan fingerprint density at radius 1 is 0.283 bits per heavy atom. The van der Waals surface area contributed by atoms with Crippen molar-refractivity contribution in [2.24, 2.45) is 0 Å². The molecule has 60 heavy (non-hydrogen) atoms. The van der Waals surface area contributed by atoms with Crippen molar-refractivity contribution in [2.75, 3.05) is 0 Å². The van der Waals surface area contributed by atoms with E-state index in [1.54, 1.807) is 12.4 Å². The van der Waals surface area contributed by atoms with Gasteiger partial charge in [0.05, 0.1) is 11.4 Å². The van der Waals surface area contributed by atoms with E-state index in [4.69, 9.17) is 9.97 Å². The second-order valence-corrected chi connectivity index (χ2v) is 15.1. The van der Waals surface area contributed by atoms with Crippen molar-refractivity contribution in [1.29, 1.82) is 0 Å². The van der Waals surface area contributed by atoms with Gasteiger partial charge in [-0.15, -0.1) is 0 Å². The summed E-state index contributed by atoms with van der Waals surface area (Å²) in [7, 11) is 0. The minimum atomic E-state index is 0.661. The van der Waals surface area contributed by atoms with Gasteiger partial charge in [0.1, 0.15) is 0 Å². The highest BCUT2D eigenvalue weighted by Crippen LogP contribution is 2.45. The molecule has 280 valence electrons. The van der Waals surface area contributed by atoms with Gasteiger partial charge in [0.25, 0.3) is 0 Å². The van der Waals surface area contributed by atoms with E-state index in [-0.39, 0.29) is 0 Å². The molecule has 0 N–H and O–H groups in total. The van der Waals surface area contributed by atoms with Gasteiger partial charge in [-0.3, -0.25) is 9.97 Å². The number of pyridine rings is 2. The number of fused-ring (bicyclic) bond motifs is 3. The van der Waals surface area contributed by atoms with Crippen molar-refractivity contribution >= 4 is 32.3 Å². The number of rotatable bonds is 7. The second kappa shape index (κ2) is 15.0. The van der Waals surface area contributed by atoms with Crippen LogP contribution < -0.4 is 0 Å². The summed E-state index contributed by atoms with van der Waals surface area (Å²) in [5.74, 6) is 0.661. The third-order valence-electron chi connectivity index (χ3n) is 11.5. The largest absolute Gasteiger partial charge is 0.264 e. The van der Waals surface area contributed by atoms with Gasteiger partial charge in [-0.05, 0) is 102 Å². The first-order chi connectivity index (χ1) is 29.7. The molecule has 3 heterocycles. The average molecular weight is 765 g/mol. The van der Waals surface area contributed by atoms with Gasteiger partial charge in [-0.2, -0.15) is 0 Å². The standard InChI is InChI=1S/C56H36N4/c1-2-20-46-38(12-1)13-9-25-47(46)55-50-23-5-3-21-48(50)54(49-22-4-6-24-51(49)55)42-16-8-17-43(33-42)56-59-52(39-28-26-37(27-29-39)44-18-10-30-57-35-44)34-53(60-56)41-15-7-14-40(32-41)45-19-11-31-58-36-45/h1-36H. The molecule has 4 heteroatoms. The summed E-state index contributed by atoms with van der Waals surface area (Å²) in [6.45, 7) is 0. The molecule has 0 saturated carbocycles. The molecule has 0 aliphatic carbocycles. The third kappa shape index (κ3) is 6.37. The topological polar surface area (TPSA) is 51.6 Å².